The Morgan fingerprint density at radius 3 is 1.90 bits per heavy atom. The Labute approximate surface area is 181 Å². The number of nitrogens with zero attached hydrogens (tertiary/aromatic N) is 2. The van der Waals surface area contributed by atoms with Gasteiger partial charge in [-0.25, -0.2) is 9.59 Å². The van der Waals surface area contributed by atoms with Gasteiger partial charge in [0.25, 0.3) is 0 Å². The fourth-order valence-corrected chi connectivity index (χ4v) is 3.85. The van der Waals surface area contributed by atoms with Gasteiger partial charge in [0.05, 0.1) is 12.2 Å². The molecule has 168 valence electrons. The highest BCUT2D eigenvalue weighted by atomic mass is 16.6. The molecule has 0 saturated carbocycles. The highest BCUT2D eigenvalue weighted by molar-refractivity contribution is 6.33. The number of fused-ring (bicyclic) bond motifs is 1. The van der Waals surface area contributed by atoms with E-state index in [9.17, 15) is 19.2 Å². The third-order valence-electron chi connectivity index (χ3n) is 5.44. The summed E-state index contributed by atoms with van der Waals surface area (Å²) in [6, 6.07) is 6.36. The van der Waals surface area contributed by atoms with Crippen molar-refractivity contribution in [2.75, 3.05) is 0 Å². The Bertz CT molecular complexity index is 877. The summed E-state index contributed by atoms with van der Waals surface area (Å²) < 4.78 is 10.7. The van der Waals surface area contributed by atoms with E-state index in [4.69, 9.17) is 9.47 Å². The third kappa shape index (κ3) is 3.56. The summed E-state index contributed by atoms with van der Waals surface area (Å²) in [6.45, 7) is 10.4. The molecule has 1 spiro atoms. The number of benzene rings is 1. The molecule has 1 fully saturated rings. The first-order chi connectivity index (χ1) is 14.6. The van der Waals surface area contributed by atoms with Crippen molar-refractivity contribution in [2.45, 2.75) is 72.0 Å². The molecule has 1 saturated heterocycles. The Hall–Kier alpha value is -2.94. The molecule has 3 rings (SSSR count). The molecule has 2 amide bonds. The normalized spacial score (nSPS) is 20.6. The first-order valence-electron chi connectivity index (χ1n) is 10.5. The van der Waals surface area contributed by atoms with Crippen LogP contribution in [-0.2, 0) is 9.47 Å². The highest BCUT2D eigenvalue weighted by Gasteiger charge is 2.68. The monoisotopic (exact) mass is 431 g/mol. The zero-order chi connectivity index (χ0) is 23.1. The van der Waals surface area contributed by atoms with E-state index in [1.807, 2.05) is 13.8 Å². The summed E-state index contributed by atoms with van der Waals surface area (Å²) in [5, 5.41) is 4.87. The van der Waals surface area contributed by atoms with Gasteiger partial charge >= 0.3 is 12.2 Å². The lowest BCUT2D eigenvalue weighted by Gasteiger charge is -2.35. The van der Waals surface area contributed by atoms with Gasteiger partial charge < -0.3 is 9.47 Å². The predicted molar refractivity (Wildman–Crippen MR) is 111 cm³/mol. The second-order valence-electron chi connectivity index (χ2n) is 8.41. The van der Waals surface area contributed by atoms with Crippen molar-refractivity contribution < 1.29 is 28.7 Å². The lowest BCUT2D eigenvalue weighted by Crippen LogP contribution is -2.64. The average molecular weight is 431 g/mol. The molecule has 2 unspecified atom stereocenters. The number of Topliss-reactive ketones (excluding diaryl/α,β-unsaturated/α-hetero) is 2. The van der Waals surface area contributed by atoms with Gasteiger partial charge in [-0.2, -0.15) is 10.0 Å². The van der Waals surface area contributed by atoms with Gasteiger partial charge in [0.15, 0.2) is 0 Å². The molecular formula is C22H29N3O6. The van der Waals surface area contributed by atoms with Crippen LogP contribution < -0.4 is 5.32 Å². The van der Waals surface area contributed by atoms with E-state index in [-0.39, 0.29) is 17.0 Å². The molecule has 2 atom stereocenters. The molecular weight excluding hydrogens is 402 g/mol. The molecule has 9 nitrogen and oxygen atoms in total. The zero-order valence-corrected chi connectivity index (χ0v) is 18.7. The highest BCUT2D eigenvalue weighted by Crippen LogP contribution is 2.41. The Morgan fingerprint density at radius 2 is 1.45 bits per heavy atom. The van der Waals surface area contributed by atoms with E-state index in [0.29, 0.717) is 6.42 Å². The second kappa shape index (κ2) is 8.30. The van der Waals surface area contributed by atoms with Gasteiger partial charge in [-0.1, -0.05) is 44.5 Å². The molecule has 1 aromatic carbocycles. The van der Waals surface area contributed by atoms with E-state index < -0.39 is 47.8 Å². The average Bonchev–Trinajstić information content (AvgIpc) is 3.17. The molecule has 2 aliphatic rings. The van der Waals surface area contributed by atoms with Crippen LogP contribution in [0.5, 0.6) is 0 Å². The van der Waals surface area contributed by atoms with Crippen LogP contribution in [0.25, 0.3) is 0 Å². The van der Waals surface area contributed by atoms with Crippen LogP contribution >= 0.6 is 0 Å². The van der Waals surface area contributed by atoms with Crippen LogP contribution in [0.1, 0.15) is 68.7 Å². The van der Waals surface area contributed by atoms with Crippen LogP contribution in [0.3, 0.4) is 0 Å². The quantitative estimate of drug-likeness (QED) is 0.729. The number of carbonyl (C=O) groups is 4. The van der Waals surface area contributed by atoms with E-state index >= 15 is 0 Å². The van der Waals surface area contributed by atoms with Gasteiger partial charge in [0, 0.05) is 11.1 Å². The van der Waals surface area contributed by atoms with Crippen LogP contribution in [0, 0.1) is 5.92 Å². The number of rotatable bonds is 4. The van der Waals surface area contributed by atoms with Gasteiger partial charge in [0.1, 0.15) is 6.17 Å². The van der Waals surface area contributed by atoms with Crippen LogP contribution in [0.15, 0.2) is 24.3 Å². The number of hydrogen-bond acceptors (Lipinski definition) is 7. The minimum Gasteiger partial charge on any atom is -0.445 e. The summed E-state index contributed by atoms with van der Waals surface area (Å²) in [4.78, 5) is 53.5. The zero-order valence-electron chi connectivity index (χ0n) is 18.7. The molecule has 0 bridgehead atoms. The van der Waals surface area contributed by atoms with Gasteiger partial charge in [-0.3, -0.25) is 14.9 Å². The van der Waals surface area contributed by atoms with Crippen molar-refractivity contribution in [2.24, 2.45) is 5.92 Å². The predicted octanol–water partition coefficient (Wildman–Crippen LogP) is 3.35. The van der Waals surface area contributed by atoms with Gasteiger partial charge in [0.2, 0.25) is 17.2 Å². The van der Waals surface area contributed by atoms with Crippen LogP contribution in [-0.4, -0.2) is 57.8 Å². The molecule has 1 heterocycles. The van der Waals surface area contributed by atoms with Gasteiger partial charge in [-0.15, -0.1) is 0 Å². The Morgan fingerprint density at radius 1 is 0.968 bits per heavy atom. The van der Waals surface area contributed by atoms with Gasteiger partial charge in [-0.05, 0) is 33.6 Å². The van der Waals surface area contributed by atoms with E-state index in [2.05, 4.69) is 5.32 Å². The molecule has 31 heavy (non-hydrogen) atoms. The summed E-state index contributed by atoms with van der Waals surface area (Å²) in [5.74, 6) is -1.43. The fraction of sp³-hybridized carbons (Fsp3) is 0.545. The molecule has 9 heteroatoms. The number of nitrogens with one attached hydrogen (secondary N) is 1. The number of hydrogen-bond donors (Lipinski definition) is 1. The van der Waals surface area contributed by atoms with Crippen molar-refractivity contribution in [3.8, 4) is 0 Å². The number of amides is 2. The number of ether oxygens (including phenoxy) is 2. The molecule has 1 aliphatic carbocycles. The van der Waals surface area contributed by atoms with E-state index in [1.54, 1.807) is 39.8 Å². The summed E-state index contributed by atoms with van der Waals surface area (Å²) >= 11 is 0. The third-order valence-corrected chi connectivity index (χ3v) is 5.44. The van der Waals surface area contributed by atoms with E-state index in [1.165, 1.54) is 12.1 Å². The second-order valence-corrected chi connectivity index (χ2v) is 8.41. The lowest BCUT2D eigenvalue weighted by atomic mass is 10.0. The maximum Gasteiger partial charge on any atom is 0.431 e. The van der Waals surface area contributed by atoms with Crippen molar-refractivity contribution in [3.63, 3.8) is 0 Å². The van der Waals surface area contributed by atoms with Crippen molar-refractivity contribution in [1.29, 1.82) is 0 Å². The van der Waals surface area contributed by atoms with Crippen LogP contribution in [0.4, 0.5) is 9.59 Å². The first kappa shape index (κ1) is 22.7. The smallest absolute Gasteiger partial charge is 0.431 e. The number of ketones is 2. The van der Waals surface area contributed by atoms with E-state index in [0.717, 1.165) is 10.0 Å². The molecule has 0 radical (unpaired) electrons. The largest absolute Gasteiger partial charge is 0.445 e. The number of hydrazine groups is 1. The summed E-state index contributed by atoms with van der Waals surface area (Å²) in [6.07, 6.45) is -3.06. The SMILES string of the molecule is CCC(C)C1NC2(C(=O)c3ccccc3C2=O)N(C(=O)OC(C)C)N1C(=O)OC(C)C. The molecule has 1 N–H and O–H groups in total. The lowest BCUT2D eigenvalue weighted by molar-refractivity contribution is -0.0513. The number of carbonyl (C=O) groups excluding carboxylic acids is 4. The Balaban J connectivity index is 2.20. The minimum atomic E-state index is -2.11. The minimum absolute atomic E-state index is 0.185. The maximum atomic E-state index is 13.6. The molecule has 0 aromatic heterocycles. The maximum absolute atomic E-state index is 13.6. The fourth-order valence-electron chi connectivity index (χ4n) is 3.85. The standard InChI is InChI=1S/C22H29N3O6/c1-7-14(6)19-23-22(17(26)15-10-8-9-11-16(15)18(22)27)25(21(29)31-13(4)5)24(19)20(28)30-12(2)3/h8-14,19,23H,7H2,1-6H3. The molecule has 1 aromatic rings. The van der Waals surface area contributed by atoms with Crippen molar-refractivity contribution in [1.82, 2.24) is 15.3 Å². The molecule has 1 aliphatic heterocycles. The van der Waals surface area contributed by atoms with Crippen molar-refractivity contribution >= 4 is 23.8 Å². The van der Waals surface area contributed by atoms with Crippen molar-refractivity contribution in [3.05, 3.63) is 35.4 Å². The first-order valence-corrected chi connectivity index (χ1v) is 10.5. The Kier molecular flexibility index (Phi) is 6.09. The summed E-state index contributed by atoms with van der Waals surface area (Å²) in [5.41, 5.74) is -1.74. The topological polar surface area (TPSA) is 105 Å². The summed E-state index contributed by atoms with van der Waals surface area (Å²) in [7, 11) is 0. The van der Waals surface area contributed by atoms with Crippen LogP contribution in [0.2, 0.25) is 0 Å².